The average Bonchev–Trinajstić information content (AvgIpc) is 3.37. The Hall–Kier alpha value is -3.40. The van der Waals surface area contributed by atoms with E-state index in [0.717, 1.165) is 30.7 Å². The van der Waals surface area contributed by atoms with Gasteiger partial charge in [-0.15, -0.1) is 0 Å². The zero-order chi connectivity index (χ0) is 22.5. The number of nitrogens with one attached hydrogen (secondary N) is 1. The van der Waals surface area contributed by atoms with Crippen LogP contribution in [-0.4, -0.2) is 30.3 Å². The Morgan fingerprint density at radius 2 is 2.00 bits per heavy atom. The third-order valence-corrected chi connectivity index (χ3v) is 5.35. The number of hydrogen-bond donors (Lipinski definition) is 1. The van der Waals surface area contributed by atoms with Gasteiger partial charge in [0.15, 0.2) is 5.65 Å². The van der Waals surface area contributed by atoms with Gasteiger partial charge in [-0.1, -0.05) is 23.7 Å². The van der Waals surface area contributed by atoms with Crippen molar-refractivity contribution in [2.45, 2.75) is 31.5 Å². The van der Waals surface area contributed by atoms with E-state index in [1.165, 1.54) is 6.20 Å². The number of alkyl halides is 3. The van der Waals surface area contributed by atoms with Crippen molar-refractivity contribution < 1.29 is 18.0 Å². The molecule has 1 N–H and O–H groups in total. The van der Waals surface area contributed by atoms with E-state index in [2.05, 4.69) is 20.5 Å². The van der Waals surface area contributed by atoms with Crippen LogP contribution in [0.5, 0.6) is 0 Å². The standard InChI is InChI=1S/C21H16ClF3N6O/c22-14-8-26-30(11-14)10-12-2-1-3-15(6-12)28-20(32)16-9-27-31-18(21(23,24)25)7-17(13-4-5-13)29-19(16)31/h1-3,6-9,11,13H,4-5,10H2,(H,28,32). The number of benzene rings is 1. The molecule has 1 aromatic carbocycles. The van der Waals surface area contributed by atoms with Gasteiger partial charge in [0, 0.05) is 23.5 Å². The summed E-state index contributed by atoms with van der Waals surface area (Å²) in [5.41, 5.74) is 0.599. The Bertz CT molecular complexity index is 1320. The molecule has 0 unspecified atom stereocenters. The summed E-state index contributed by atoms with van der Waals surface area (Å²) < 4.78 is 43.0. The first-order chi connectivity index (χ1) is 15.3. The van der Waals surface area contributed by atoms with E-state index in [1.807, 2.05) is 6.07 Å². The molecule has 5 rings (SSSR count). The lowest BCUT2D eigenvalue weighted by molar-refractivity contribution is -0.142. The minimum atomic E-state index is -4.62. The quantitative estimate of drug-likeness (QED) is 0.465. The number of carbonyl (C=O) groups is 1. The third kappa shape index (κ3) is 4.05. The number of anilines is 1. The maximum absolute atomic E-state index is 13.6. The molecule has 0 saturated heterocycles. The molecule has 0 spiro atoms. The maximum Gasteiger partial charge on any atom is 0.433 e. The number of carbonyl (C=O) groups excluding carboxylic acids is 1. The molecule has 32 heavy (non-hydrogen) atoms. The number of amides is 1. The zero-order valence-corrected chi connectivity index (χ0v) is 17.2. The van der Waals surface area contributed by atoms with Crippen LogP contribution < -0.4 is 5.32 Å². The fourth-order valence-electron chi connectivity index (χ4n) is 3.49. The van der Waals surface area contributed by atoms with Gasteiger partial charge in [-0.3, -0.25) is 9.48 Å². The van der Waals surface area contributed by atoms with Crippen LogP contribution in [-0.2, 0) is 12.7 Å². The third-order valence-electron chi connectivity index (χ3n) is 5.15. The van der Waals surface area contributed by atoms with E-state index in [0.29, 0.717) is 27.5 Å². The van der Waals surface area contributed by atoms with Crippen molar-refractivity contribution in [2.75, 3.05) is 5.32 Å². The fourth-order valence-corrected chi connectivity index (χ4v) is 3.65. The minimum absolute atomic E-state index is 0.0145. The Kier molecular flexibility index (Phi) is 4.89. The van der Waals surface area contributed by atoms with Crippen molar-refractivity contribution in [1.29, 1.82) is 0 Å². The predicted molar refractivity (Wildman–Crippen MR) is 111 cm³/mol. The highest BCUT2D eigenvalue weighted by Crippen LogP contribution is 2.41. The first-order valence-electron chi connectivity index (χ1n) is 9.82. The first-order valence-corrected chi connectivity index (χ1v) is 10.2. The van der Waals surface area contributed by atoms with Crippen LogP contribution in [0.4, 0.5) is 18.9 Å². The molecule has 7 nitrogen and oxygen atoms in total. The number of nitrogens with zero attached hydrogens (tertiary/aromatic N) is 5. The van der Waals surface area contributed by atoms with Crippen LogP contribution in [0.15, 0.2) is 48.9 Å². The summed E-state index contributed by atoms with van der Waals surface area (Å²) in [5.74, 6) is -0.604. The van der Waals surface area contributed by atoms with Gasteiger partial charge in [-0.05, 0) is 36.6 Å². The van der Waals surface area contributed by atoms with Crippen molar-refractivity contribution >= 4 is 28.8 Å². The molecule has 1 aliphatic rings. The second-order valence-electron chi connectivity index (χ2n) is 7.64. The van der Waals surface area contributed by atoms with Crippen molar-refractivity contribution in [3.63, 3.8) is 0 Å². The van der Waals surface area contributed by atoms with E-state index in [4.69, 9.17) is 11.6 Å². The van der Waals surface area contributed by atoms with Crippen LogP contribution in [0.25, 0.3) is 5.65 Å². The molecule has 1 aliphatic carbocycles. The fraction of sp³-hybridized carbons (Fsp3) is 0.238. The molecule has 1 fully saturated rings. The topological polar surface area (TPSA) is 77.1 Å². The molecule has 4 aromatic rings. The lowest BCUT2D eigenvalue weighted by atomic mass is 10.2. The summed E-state index contributed by atoms with van der Waals surface area (Å²) in [6.45, 7) is 0.439. The van der Waals surface area contributed by atoms with Crippen molar-refractivity contribution in [3.05, 3.63) is 76.5 Å². The SMILES string of the molecule is O=C(Nc1cccc(Cn2cc(Cl)cn2)c1)c1cnn2c(C(F)(F)F)cc(C3CC3)nc12. The summed E-state index contributed by atoms with van der Waals surface area (Å²) in [6, 6.07) is 8.08. The van der Waals surface area contributed by atoms with E-state index in [1.54, 1.807) is 29.1 Å². The highest BCUT2D eigenvalue weighted by Gasteiger charge is 2.38. The number of rotatable bonds is 5. The van der Waals surface area contributed by atoms with Gasteiger partial charge in [0.05, 0.1) is 24.0 Å². The van der Waals surface area contributed by atoms with Crippen LogP contribution in [0.1, 0.15) is 46.1 Å². The molecule has 0 atom stereocenters. The van der Waals surface area contributed by atoms with Crippen molar-refractivity contribution in [2.24, 2.45) is 0 Å². The van der Waals surface area contributed by atoms with Crippen LogP contribution in [0.2, 0.25) is 5.02 Å². The molecular weight excluding hydrogens is 445 g/mol. The molecule has 1 amide bonds. The lowest BCUT2D eigenvalue weighted by Gasteiger charge is -2.11. The lowest BCUT2D eigenvalue weighted by Crippen LogP contribution is -2.16. The largest absolute Gasteiger partial charge is 0.433 e. The van der Waals surface area contributed by atoms with E-state index < -0.39 is 17.8 Å². The maximum atomic E-state index is 13.6. The van der Waals surface area contributed by atoms with Crippen LogP contribution in [0, 0.1) is 0 Å². The summed E-state index contributed by atoms with van der Waals surface area (Å²) in [6.07, 6.45) is 1.26. The summed E-state index contributed by atoms with van der Waals surface area (Å²) >= 11 is 5.88. The van der Waals surface area contributed by atoms with Crippen molar-refractivity contribution in [3.8, 4) is 0 Å². The Labute approximate surface area is 184 Å². The molecule has 11 heteroatoms. The normalized spacial score (nSPS) is 14.1. The second kappa shape index (κ2) is 7.63. The zero-order valence-electron chi connectivity index (χ0n) is 16.5. The molecular formula is C21H16ClF3N6O. The monoisotopic (exact) mass is 460 g/mol. The van der Waals surface area contributed by atoms with Crippen LogP contribution in [0.3, 0.4) is 0 Å². The van der Waals surface area contributed by atoms with Crippen molar-refractivity contribution in [1.82, 2.24) is 24.4 Å². The number of aromatic nitrogens is 5. The molecule has 1 saturated carbocycles. The number of hydrogen-bond acceptors (Lipinski definition) is 4. The van der Waals surface area contributed by atoms with Crippen LogP contribution >= 0.6 is 11.6 Å². The van der Waals surface area contributed by atoms with Gasteiger partial charge in [-0.2, -0.15) is 23.4 Å². The molecule has 164 valence electrons. The summed E-state index contributed by atoms with van der Waals surface area (Å²) in [5, 5.41) is 11.1. The Morgan fingerprint density at radius 1 is 1.19 bits per heavy atom. The second-order valence-corrected chi connectivity index (χ2v) is 8.08. The number of fused-ring (bicyclic) bond motifs is 1. The highest BCUT2D eigenvalue weighted by atomic mass is 35.5. The van der Waals surface area contributed by atoms with Gasteiger partial charge in [0.25, 0.3) is 5.91 Å². The Balaban J connectivity index is 1.44. The average molecular weight is 461 g/mol. The summed E-state index contributed by atoms with van der Waals surface area (Å²) in [4.78, 5) is 17.2. The number of halogens is 4. The predicted octanol–water partition coefficient (Wildman–Crippen LogP) is 4.78. The van der Waals surface area contributed by atoms with Gasteiger partial charge >= 0.3 is 6.18 Å². The molecule has 0 bridgehead atoms. The Morgan fingerprint density at radius 3 is 2.69 bits per heavy atom. The van der Waals surface area contributed by atoms with E-state index in [-0.39, 0.29) is 17.1 Å². The van der Waals surface area contributed by atoms with Gasteiger partial charge < -0.3 is 5.32 Å². The smallest absolute Gasteiger partial charge is 0.322 e. The summed E-state index contributed by atoms with van der Waals surface area (Å²) in [7, 11) is 0. The highest BCUT2D eigenvalue weighted by molar-refractivity contribution is 6.30. The van der Waals surface area contributed by atoms with Gasteiger partial charge in [0.1, 0.15) is 11.3 Å². The van der Waals surface area contributed by atoms with Gasteiger partial charge in [0.2, 0.25) is 0 Å². The molecule has 0 radical (unpaired) electrons. The molecule has 3 heterocycles. The molecule has 3 aromatic heterocycles. The minimum Gasteiger partial charge on any atom is -0.322 e. The van der Waals surface area contributed by atoms with E-state index >= 15 is 0 Å². The molecule has 0 aliphatic heterocycles. The van der Waals surface area contributed by atoms with E-state index in [9.17, 15) is 18.0 Å². The first kappa shape index (κ1) is 20.5. The van der Waals surface area contributed by atoms with Gasteiger partial charge in [-0.25, -0.2) is 9.50 Å².